The van der Waals surface area contributed by atoms with Crippen LogP contribution in [0.2, 0.25) is 0 Å². The van der Waals surface area contributed by atoms with Crippen molar-refractivity contribution in [2.75, 3.05) is 30.3 Å². The largest absolute Gasteiger partial charge is 0.384 e. The molecule has 0 unspecified atom stereocenters. The average Bonchev–Trinajstić information content (AvgIpc) is 2.92. The van der Waals surface area contributed by atoms with E-state index < -0.39 is 0 Å². The molecule has 0 atom stereocenters. The average molecular weight is 218 g/mol. The zero-order valence-electron chi connectivity index (χ0n) is 9.56. The van der Waals surface area contributed by atoms with Gasteiger partial charge in [-0.2, -0.15) is 0 Å². The highest BCUT2D eigenvalue weighted by Crippen LogP contribution is 2.32. The highest BCUT2D eigenvalue weighted by atomic mass is 15.3. The quantitative estimate of drug-likeness (QED) is 0.594. The van der Waals surface area contributed by atoms with Gasteiger partial charge in [0.1, 0.15) is 6.29 Å². The minimum atomic E-state index is 0.215. The molecule has 1 aromatic rings. The second-order valence-electron chi connectivity index (χ2n) is 4.45. The summed E-state index contributed by atoms with van der Waals surface area (Å²) in [6.07, 6.45) is 1.33. The Morgan fingerprint density at radius 2 is 2.00 bits per heavy atom. The van der Waals surface area contributed by atoms with Gasteiger partial charge in [-0.15, -0.1) is 0 Å². The molecule has 0 radical (unpaired) electrons. The van der Waals surface area contributed by atoms with Crippen molar-refractivity contribution in [1.82, 2.24) is 10.6 Å². The Morgan fingerprint density at radius 3 is 2.81 bits per heavy atom. The maximum Gasteiger partial charge on any atom is 0.132 e. The molecule has 4 N–H and O–H groups in total. The number of aryl methyl sites for hydroxylation is 1. The number of rotatable bonds is 2. The molecule has 2 aliphatic rings. The zero-order chi connectivity index (χ0) is 11.0. The van der Waals surface area contributed by atoms with Gasteiger partial charge in [0.15, 0.2) is 0 Å². The molecule has 4 nitrogen and oxygen atoms in total. The summed E-state index contributed by atoms with van der Waals surface area (Å²) in [5.41, 5.74) is 5.33. The van der Waals surface area contributed by atoms with Gasteiger partial charge in [0, 0.05) is 36.6 Å². The van der Waals surface area contributed by atoms with E-state index in [1.807, 2.05) is 0 Å². The molecule has 0 amide bonds. The highest BCUT2D eigenvalue weighted by molar-refractivity contribution is 5.71. The van der Waals surface area contributed by atoms with Crippen molar-refractivity contribution in [2.24, 2.45) is 0 Å². The van der Waals surface area contributed by atoms with Crippen LogP contribution < -0.4 is 21.3 Å². The monoisotopic (exact) mass is 218 g/mol. The number of benzene rings is 1. The first kappa shape index (κ1) is 9.93. The summed E-state index contributed by atoms with van der Waals surface area (Å²) in [6, 6.07) is 4.36. The van der Waals surface area contributed by atoms with Crippen molar-refractivity contribution >= 4 is 11.4 Å². The van der Waals surface area contributed by atoms with E-state index in [1.165, 1.54) is 22.5 Å². The van der Waals surface area contributed by atoms with Crippen molar-refractivity contribution in [3.63, 3.8) is 0 Å². The van der Waals surface area contributed by atoms with Crippen LogP contribution in [0.5, 0.6) is 0 Å². The minimum absolute atomic E-state index is 0.215. The molecule has 0 bridgehead atoms. The molecule has 16 heavy (non-hydrogen) atoms. The van der Waals surface area contributed by atoms with E-state index in [9.17, 15) is 0 Å². The Bertz CT molecular complexity index is 396. The predicted molar refractivity (Wildman–Crippen MR) is 66.8 cm³/mol. The fraction of sp³-hybridized carbons (Fsp3) is 0.500. The zero-order valence-corrected chi connectivity index (χ0v) is 9.56. The van der Waals surface area contributed by atoms with E-state index in [0.717, 1.165) is 26.1 Å². The van der Waals surface area contributed by atoms with Gasteiger partial charge < -0.3 is 10.6 Å². The predicted octanol–water partition coefficient (Wildman–Crippen LogP) is 0.851. The molecular formula is C12H18N4. The molecular weight excluding hydrogens is 200 g/mol. The molecule has 2 heterocycles. The van der Waals surface area contributed by atoms with Gasteiger partial charge in [-0.3, -0.25) is 10.6 Å². The van der Waals surface area contributed by atoms with Crippen LogP contribution >= 0.6 is 0 Å². The molecule has 3 rings (SSSR count). The Labute approximate surface area is 95.8 Å². The van der Waals surface area contributed by atoms with Crippen LogP contribution in [-0.4, -0.2) is 25.9 Å². The maximum atomic E-state index is 3.51. The first-order valence-corrected chi connectivity index (χ1v) is 5.94. The fourth-order valence-corrected chi connectivity index (χ4v) is 2.48. The second kappa shape index (κ2) is 3.96. The topological polar surface area (TPSA) is 48.1 Å². The molecule has 2 aliphatic heterocycles. The molecule has 86 valence electrons. The van der Waals surface area contributed by atoms with Crippen molar-refractivity contribution in [2.45, 2.75) is 19.6 Å². The summed E-state index contributed by atoms with van der Waals surface area (Å²) in [4.78, 5) is 0. The number of hydrogen-bond acceptors (Lipinski definition) is 4. The van der Waals surface area contributed by atoms with Crippen molar-refractivity contribution in [3.05, 3.63) is 23.3 Å². The summed E-state index contributed by atoms with van der Waals surface area (Å²) >= 11 is 0. The summed E-state index contributed by atoms with van der Waals surface area (Å²) in [6.45, 7) is 5.28. The Morgan fingerprint density at radius 1 is 1.19 bits per heavy atom. The van der Waals surface area contributed by atoms with Crippen LogP contribution in [0.3, 0.4) is 0 Å². The smallest absolute Gasteiger partial charge is 0.132 e. The number of anilines is 2. The van der Waals surface area contributed by atoms with E-state index >= 15 is 0 Å². The van der Waals surface area contributed by atoms with Crippen LogP contribution in [-0.2, 0) is 6.42 Å². The van der Waals surface area contributed by atoms with Crippen LogP contribution in [0, 0.1) is 6.92 Å². The Balaban J connectivity index is 1.87. The van der Waals surface area contributed by atoms with Crippen molar-refractivity contribution < 1.29 is 0 Å². The highest BCUT2D eigenvalue weighted by Gasteiger charge is 2.19. The summed E-state index contributed by atoms with van der Waals surface area (Å²) in [5.74, 6) is 0. The minimum Gasteiger partial charge on any atom is -0.384 e. The molecule has 0 aliphatic carbocycles. The van der Waals surface area contributed by atoms with Gasteiger partial charge in [0.25, 0.3) is 0 Å². The molecule has 0 spiro atoms. The molecule has 1 fully saturated rings. The van der Waals surface area contributed by atoms with Gasteiger partial charge in [-0.05, 0) is 25.0 Å². The van der Waals surface area contributed by atoms with E-state index in [-0.39, 0.29) is 6.29 Å². The Kier molecular flexibility index (Phi) is 2.46. The van der Waals surface area contributed by atoms with Gasteiger partial charge in [-0.1, -0.05) is 6.07 Å². The van der Waals surface area contributed by atoms with E-state index in [0.29, 0.717) is 0 Å². The third-order valence-electron chi connectivity index (χ3n) is 3.32. The first-order chi connectivity index (χ1) is 7.84. The van der Waals surface area contributed by atoms with Gasteiger partial charge >= 0.3 is 0 Å². The third-order valence-corrected chi connectivity index (χ3v) is 3.32. The lowest BCUT2D eigenvalue weighted by Gasteiger charge is -2.18. The van der Waals surface area contributed by atoms with E-state index in [4.69, 9.17) is 0 Å². The normalized spacial score (nSPS) is 19.6. The molecule has 0 saturated carbocycles. The first-order valence-electron chi connectivity index (χ1n) is 5.94. The van der Waals surface area contributed by atoms with Gasteiger partial charge in [0.2, 0.25) is 0 Å². The summed E-state index contributed by atoms with van der Waals surface area (Å²) < 4.78 is 0. The Hall–Kier alpha value is -1.26. The second-order valence-corrected chi connectivity index (χ2v) is 4.45. The number of hydrogen-bond donors (Lipinski definition) is 4. The lowest BCUT2D eigenvalue weighted by molar-refractivity contribution is 0.620. The maximum absolute atomic E-state index is 3.51. The SMILES string of the molecule is Cc1ccc(NC2NCCN2)c2c1NCC2. The van der Waals surface area contributed by atoms with Crippen LogP contribution in [0.1, 0.15) is 11.1 Å². The van der Waals surface area contributed by atoms with Gasteiger partial charge in [0.05, 0.1) is 0 Å². The van der Waals surface area contributed by atoms with Crippen LogP contribution in [0.15, 0.2) is 12.1 Å². The summed E-state index contributed by atoms with van der Waals surface area (Å²) in [7, 11) is 0. The van der Waals surface area contributed by atoms with Crippen LogP contribution in [0.4, 0.5) is 11.4 Å². The summed E-state index contributed by atoms with van der Waals surface area (Å²) in [5, 5.41) is 13.7. The number of nitrogens with one attached hydrogen (secondary N) is 4. The van der Waals surface area contributed by atoms with Crippen LogP contribution in [0.25, 0.3) is 0 Å². The molecule has 4 heteroatoms. The lowest BCUT2D eigenvalue weighted by atomic mass is 10.1. The fourth-order valence-electron chi connectivity index (χ4n) is 2.48. The van der Waals surface area contributed by atoms with Crippen molar-refractivity contribution in [1.29, 1.82) is 0 Å². The van der Waals surface area contributed by atoms with E-state index in [1.54, 1.807) is 0 Å². The standard InChI is InChI=1S/C12H18N4/c1-8-2-3-10(9-4-5-13-11(8)9)16-12-14-6-7-15-12/h2-3,12-16H,4-7H2,1H3. The van der Waals surface area contributed by atoms with Gasteiger partial charge in [-0.25, -0.2) is 0 Å². The third kappa shape index (κ3) is 1.64. The molecule has 1 saturated heterocycles. The number of fused-ring (bicyclic) bond motifs is 1. The molecule has 0 aromatic heterocycles. The molecule has 1 aromatic carbocycles. The lowest BCUT2D eigenvalue weighted by Crippen LogP contribution is -2.39. The van der Waals surface area contributed by atoms with E-state index in [2.05, 4.69) is 40.3 Å². The van der Waals surface area contributed by atoms with Crippen molar-refractivity contribution in [3.8, 4) is 0 Å².